The van der Waals surface area contributed by atoms with Gasteiger partial charge in [0.25, 0.3) is 0 Å². The number of aromatic nitrogens is 2. The Labute approximate surface area is 204 Å². The maximum Gasteiger partial charge on any atom is 0.234 e. The average molecular weight is 495 g/mol. The monoisotopic (exact) mass is 494 g/mol. The highest BCUT2D eigenvalue weighted by Crippen LogP contribution is 2.35. The second-order valence-electron chi connectivity index (χ2n) is 8.19. The van der Waals surface area contributed by atoms with Crippen molar-refractivity contribution in [1.82, 2.24) is 9.97 Å². The summed E-state index contributed by atoms with van der Waals surface area (Å²) in [4.78, 5) is 38.7. The number of carbonyl (C=O) groups excluding carboxylic acids is 2. The molecule has 2 aromatic heterocycles. The Bertz CT molecular complexity index is 1380. The molecule has 4 aromatic rings. The summed E-state index contributed by atoms with van der Waals surface area (Å²) in [6, 6.07) is 14.9. The number of hydrogen-bond acceptors (Lipinski definition) is 5. The number of rotatable bonds is 5. The molecule has 1 atom stereocenters. The first-order valence-corrected chi connectivity index (χ1v) is 11.9. The van der Waals surface area contributed by atoms with Gasteiger partial charge in [0, 0.05) is 29.9 Å². The van der Waals surface area contributed by atoms with Crippen molar-refractivity contribution in [2.45, 2.75) is 19.9 Å². The van der Waals surface area contributed by atoms with Crippen molar-refractivity contribution in [1.29, 1.82) is 0 Å². The molecule has 1 unspecified atom stereocenters. The lowest BCUT2D eigenvalue weighted by Crippen LogP contribution is -2.37. The standard InChI is InChI=1S/C25H20ClFN4O2S/c1-15-10-17(26)12-21-23(15)29-25(34-21)31(14-19-4-2-3-9-28-19)24(33)16-11-22(32)30(13-16)20-7-5-18(27)6-8-20/h2-10,12,16H,11,13-14H2,1H3. The van der Waals surface area contributed by atoms with Gasteiger partial charge in [0.2, 0.25) is 11.8 Å². The molecule has 0 bridgehead atoms. The Balaban J connectivity index is 1.48. The summed E-state index contributed by atoms with van der Waals surface area (Å²) in [5.74, 6) is -1.31. The molecule has 1 fully saturated rings. The van der Waals surface area contributed by atoms with E-state index in [1.54, 1.807) is 23.2 Å². The SMILES string of the molecule is Cc1cc(Cl)cc2sc(N(Cc3ccccn3)C(=O)C3CC(=O)N(c4ccc(F)cc4)C3)nc12. The lowest BCUT2D eigenvalue weighted by molar-refractivity contribution is -0.124. The van der Waals surface area contributed by atoms with Crippen molar-refractivity contribution in [3.05, 3.63) is 82.9 Å². The quantitative estimate of drug-likeness (QED) is 0.373. The zero-order valence-electron chi connectivity index (χ0n) is 18.2. The fourth-order valence-corrected chi connectivity index (χ4v) is 5.54. The van der Waals surface area contributed by atoms with Crippen molar-refractivity contribution in [2.24, 2.45) is 5.92 Å². The van der Waals surface area contributed by atoms with Crippen molar-refractivity contribution in [3.8, 4) is 0 Å². The summed E-state index contributed by atoms with van der Waals surface area (Å²) in [5.41, 5.74) is 3.00. The van der Waals surface area contributed by atoms with E-state index in [1.807, 2.05) is 37.3 Å². The van der Waals surface area contributed by atoms with Crippen molar-refractivity contribution < 1.29 is 14.0 Å². The molecule has 34 heavy (non-hydrogen) atoms. The third-order valence-corrected chi connectivity index (χ3v) is 7.04. The zero-order valence-corrected chi connectivity index (χ0v) is 19.8. The zero-order chi connectivity index (χ0) is 23.8. The maximum absolute atomic E-state index is 13.8. The Morgan fingerprint density at radius 2 is 2.03 bits per heavy atom. The Morgan fingerprint density at radius 1 is 1.24 bits per heavy atom. The molecule has 1 aliphatic heterocycles. The Morgan fingerprint density at radius 3 is 2.76 bits per heavy atom. The number of carbonyl (C=O) groups is 2. The molecule has 1 aliphatic rings. The van der Waals surface area contributed by atoms with Crippen LogP contribution in [0.25, 0.3) is 10.2 Å². The molecule has 6 nitrogen and oxygen atoms in total. The van der Waals surface area contributed by atoms with Gasteiger partial charge in [-0.2, -0.15) is 0 Å². The van der Waals surface area contributed by atoms with E-state index in [1.165, 1.54) is 28.4 Å². The maximum atomic E-state index is 13.8. The van der Waals surface area contributed by atoms with E-state index in [2.05, 4.69) is 4.98 Å². The second-order valence-corrected chi connectivity index (χ2v) is 9.64. The van der Waals surface area contributed by atoms with Gasteiger partial charge in [-0.1, -0.05) is 29.0 Å². The largest absolute Gasteiger partial charge is 0.312 e. The van der Waals surface area contributed by atoms with Crippen LogP contribution in [0.4, 0.5) is 15.2 Å². The first-order valence-electron chi connectivity index (χ1n) is 10.7. The molecule has 172 valence electrons. The topological polar surface area (TPSA) is 66.4 Å². The highest BCUT2D eigenvalue weighted by atomic mass is 35.5. The molecular weight excluding hydrogens is 475 g/mol. The first-order chi connectivity index (χ1) is 16.4. The minimum absolute atomic E-state index is 0.0741. The van der Waals surface area contributed by atoms with Crippen LogP contribution >= 0.6 is 22.9 Å². The number of amides is 2. The molecule has 0 radical (unpaired) electrons. The smallest absolute Gasteiger partial charge is 0.234 e. The van der Waals surface area contributed by atoms with Crippen LogP contribution in [0.15, 0.2) is 60.8 Å². The fourth-order valence-electron chi connectivity index (χ4n) is 4.12. The molecule has 0 aliphatic carbocycles. The van der Waals surface area contributed by atoms with Gasteiger partial charge < -0.3 is 4.90 Å². The minimum atomic E-state index is -0.557. The van der Waals surface area contributed by atoms with Gasteiger partial charge in [0.15, 0.2) is 5.13 Å². The Kier molecular flexibility index (Phi) is 6.02. The van der Waals surface area contributed by atoms with Gasteiger partial charge in [0.05, 0.1) is 28.4 Å². The number of aryl methyl sites for hydroxylation is 1. The van der Waals surface area contributed by atoms with E-state index in [0.29, 0.717) is 21.5 Å². The fraction of sp³-hybridized carbons (Fsp3) is 0.200. The van der Waals surface area contributed by atoms with Crippen LogP contribution in [-0.2, 0) is 16.1 Å². The van der Waals surface area contributed by atoms with Crippen molar-refractivity contribution >= 4 is 55.8 Å². The molecule has 0 saturated carbocycles. The highest BCUT2D eigenvalue weighted by Gasteiger charge is 2.38. The number of halogens is 2. The van der Waals surface area contributed by atoms with Gasteiger partial charge >= 0.3 is 0 Å². The van der Waals surface area contributed by atoms with E-state index in [9.17, 15) is 14.0 Å². The van der Waals surface area contributed by atoms with Crippen molar-refractivity contribution in [2.75, 3.05) is 16.3 Å². The van der Waals surface area contributed by atoms with Crippen LogP contribution in [0.1, 0.15) is 17.7 Å². The summed E-state index contributed by atoms with van der Waals surface area (Å²) in [6.45, 7) is 2.38. The minimum Gasteiger partial charge on any atom is -0.312 e. The van der Waals surface area contributed by atoms with Crippen LogP contribution in [0.3, 0.4) is 0 Å². The molecular formula is C25H20ClFN4O2S. The lowest BCUT2D eigenvalue weighted by Gasteiger charge is -2.23. The van der Waals surface area contributed by atoms with Crippen LogP contribution in [0.2, 0.25) is 5.02 Å². The molecule has 9 heteroatoms. The van der Waals surface area contributed by atoms with Crippen molar-refractivity contribution in [3.63, 3.8) is 0 Å². The number of benzene rings is 2. The normalized spacial score (nSPS) is 15.8. The van der Waals surface area contributed by atoms with Crippen LogP contribution in [0, 0.1) is 18.7 Å². The van der Waals surface area contributed by atoms with E-state index in [4.69, 9.17) is 16.6 Å². The van der Waals surface area contributed by atoms with E-state index >= 15 is 0 Å². The highest BCUT2D eigenvalue weighted by molar-refractivity contribution is 7.22. The molecule has 3 heterocycles. The summed E-state index contributed by atoms with van der Waals surface area (Å²) < 4.78 is 14.2. The van der Waals surface area contributed by atoms with Crippen LogP contribution < -0.4 is 9.80 Å². The molecule has 2 aromatic carbocycles. The number of thiazole rings is 1. The van der Waals surface area contributed by atoms with E-state index in [-0.39, 0.29) is 37.1 Å². The van der Waals surface area contributed by atoms with Crippen LogP contribution in [-0.4, -0.2) is 28.3 Å². The van der Waals surface area contributed by atoms with Gasteiger partial charge in [-0.25, -0.2) is 9.37 Å². The van der Waals surface area contributed by atoms with Gasteiger partial charge in [0.1, 0.15) is 5.82 Å². The first kappa shape index (κ1) is 22.4. The third kappa shape index (κ3) is 4.38. The van der Waals surface area contributed by atoms with E-state index < -0.39 is 5.92 Å². The molecule has 5 rings (SSSR count). The summed E-state index contributed by atoms with van der Waals surface area (Å²) >= 11 is 7.61. The van der Waals surface area contributed by atoms with Gasteiger partial charge in [-0.3, -0.25) is 19.5 Å². The van der Waals surface area contributed by atoms with E-state index in [0.717, 1.165) is 15.8 Å². The number of pyridine rings is 1. The molecule has 0 N–H and O–H groups in total. The number of hydrogen-bond donors (Lipinski definition) is 0. The third-order valence-electron chi connectivity index (χ3n) is 5.79. The summed E-state index contributed by atoms with van der Waals surface area (Å²) in [6.07, 6.45) is 1.75. The average Bonchev–Trinajstić information content (AvgIpc) is 3.42. The lowest BCUT2D eigenvalue weighted by atomic mass is 10.1. The number of nitrogens with zero attached hydrogens (tertiary/aromatic N) is 4. The molecule has 0 spiro atoms. The Hall–Kier alpha value is -3.36. The molecule has 2 amide bonds. The predicted molar refractivity (Wildman–Crippen MR) is 132 cm³/mol. The summed E-state index contributed by atoms with van der Waals surface area (Å²) in [5, 5.41) is 1.14. The predicted octanol–water partition coefficient (Wildman–Crippen LogP) is 5.38. The summed E-state index contributed by atoms with van der Waals surface area (Å²) in [7, 11) is 0. The number of fused-ring (bicyclic) bond motifs is 1. The van der Waals surface area contributed by atoms with Crippen LogP contribution in [0.5, 0.6) is 0 Å². The van der Waals surface area contributed by atoms with Gasteiger partial charge in [-0.05, 0) is 61.0 Å². The van der Waals surface area contributed by atoms with Gasteiger partial charge in [-0.15, -0.1) is 0 Å². The number of anilines is 2. The second kappa shape index (κ2) is 9.12. The molecule has 1 saturated heterocycles.